The van der Waals surface area contributed by atoms with Crippen LogP contribution in [-0.4, -0.2) is 13.1 Å². The lowest BCUT2D eigenvalue weighted by Gasteiger charge is -1.98. The van der Waals surface area contributed by atoms with Crippen molar-refractivity contribution in [3.05, 3.63) is 35.2 Å². The molecule has 0 amide bonds. The molecule has 2 heteroatoms. The standard InChI is InChI=1S/C10H14FN/c1-7(2)4-10(11)9-6-12-5-8(9)3/h4,12H,1,5-6H2,2-3H3/b10-4+. The summed E-state index contributed by atoms with van der Waals surface area (Å²) < 4.78 is 13.3. The van der Waals surface area contributed by atoms with Gasteiger partial charge in [0.1, 0.15) is 5.83 Å². The molecule has 1 rings (SSSR count). The van der Waals surface area contributed by atoms with E-state index in [0.717, 1.165) is 23.3 Å². The summed E-state index contributed by atoms with van der Waals surface area (Å²) in [6.07, 6.45) is 1.48. The zero-order valence-corrected chi connectivity index (χ0v) is 7.58. The Labute approximate surface area is 72.7 Å². The van der Waals surface area contributed by atoms with Gasteiger partial charge in [-0.1, -0.05) is 17.7 Å². The second kappa shape index (κ2) is 3.68. The molecule has 1 heterocycles. The Kier molecular flexibility index (Phi) is 2.82. The minimum absolute atomic E-state index is 0.148. The van der Waals surface area contributed by atoms with Gasteiger partial charge in [0.2, 0.25) is 0 Å². The molecule has 1 nitrogen and oxygen atoms in total. The summed E-state index contributed by atoms with van der Waals surface area (Å²) in [7, 11) is 0. The highest BCUT2D eigenvalue weighted by Gasteiger charge is 2.13. The van der Waals surface area contributed by atoms with Crippen molar-refractivity contribution in [1.82, 2.24) is 5.32 Å². The molecule has 0 bridgehead atoms. The van der Waals surface area contributed by atoms with Gasteiger partial charge in [0.05, 0.1) is 0 Å². The SMILES string of the molecule is C=C(C)/C=C(/F)C1=C(C)CNC1. The van der Waals surface area contributed by atoms with Crippen molar-refractivity contribution in [3.8, 4) is 0 Å². The van der Waals surface area contributed by atoms with Crippen molar-refractivity contribution in [2.24, 2.45) is 0 Å². The Hall–Kier alpha value is -0.890. The molecule has 0 saturated carbocycles. The van der Waals surface area contributed by atoms with Crippen LogP contribution >= 0.6 is 0 Å². The molecule has 0 aromatic heterocycles. The van der Waals surface area contributed by atoms with E-state index in [4.69, 9.17) is 0 Å². The lowest BCUT2D eigenvalue weighted by Crippen LogP contribution is -2.08. The average Bonchev–Trinajstić information content (AvgIpc) is 2.33. The van der Waals surface area contributed by atoms with Gasteiger partial charge in [-0.25, -0.2) is 4.39 Å². The van der Waals surface area contributed by atoms with Gasteiger partial charge >= 0.3 is 0 Å². The Bertz CT molecular complexity index is 261. The molecule has 0 fully saturated rings. The summed E-state index contributed by atoms with van der Waals surface area (Å²) in [6, 6.07) is 0. The highest BCUT2D eigenvalue weighted by molar-refractivity contribution is 5.38. The fraction of sp³-hybridized carbons (Fsp3) is 0.400. The second-order valence-corrected chi connectivity index (χ2v) is 3.20. The van der Waals surface area contributed by atoms with E-state index in [0.29, 0.717) is 6.54 Å². The number of rotatable bonds is 2. The highest BCUT2D eigenvalue weighted by Crippen LogP contribution is 2.20. The first kappa shape index (κ1) is 9.20. The van der Waals surface area contributed by atoms with Gasteiger partial charge in [-0.2, -0.15) is 0 Å². The predicted molar refractivity (Wildman–Crippen MR) is 49.6 cm³/mol. The Morgan fingerprint density at radius 3 is 2.67 bits per heavy atom. The van der Waals surface area contributed by atoms with Gasteiger partial charge in [-0.15, -0.1) is 0 Å². The molecule has 0 saturated heterocycles. The van der Waals surface area contributed by atoms with Crippen LogP contribution in [0, 0.1) is 0 Å². The third-order valence-electron chi connectivity index (χ3n) is 1.87. The molecule has 0 spiro atoms. The smallest absolute Gasteiger partial charge is 0.127 e. The molecule has 12 heavy (non-hydrogen) atoms. The third-order valence-corrected chi connectivity index (χ3v) is 1.87. The molecule has 0 aromatic carbocycles. The van der Waals surface area contributed by atoms with Gasteiger partial charge in [0.25, 0.3) is 0 Å². The van der Waals surface area contributed by atoms with Crippen LogP contribution in [0.2, 0.25) is 0 Å². The maximum atomic E-state index is 13.3. The van der Waals surface area contributed by atoms with E-state index in [-0.39, 0.29) is 5.83 Å². The van der Waals surface area contributed by atoms with Gasteiger partial charge < -0.3 is 5.32 Å². The molecule has 0 aromatic rings. The van der Waals surface area contributed by atoms with E-state index < -0.39 is 0 Å². The van der Waals surface area contributed by atoms with Crippen molar-refractivity contribution >= 4 is 0 Å². The molecule has 0 atom stereocenters. The monoisotopic (exact) mass is 167 g/mol. The lowest BCUT2D eigenvalue weighted by molar-refractivity contribution is 0.643. The summed E-state index contributed by atoms with van der Waals surface area (Å²) in [6.45, 7) is 8.81. The zero-order valence-electron chi connectivity index (χ0n) is 7.58. The maximum Gasteiger partial charge on any atom is 0.127 e. The largest absolute Gasteiger partial charge is 0.309 e. The molecular formula is C10H14FN. The Balaban J connectivity index is 2.83. The van der Waals surface area contributed by atoms with Crippen LogP contribution < -0.4 is 5.32 Å². The molecule has 1 N–H and O–H groups in total. The number of halogens is 1. The highest BCUT2D eigenvalue weighted by atomic mass is 19.1. The van der Waals surface area contributed by atoms with E-state index in [2.05, 4.69) is 11.9 Å². The number of allylic oxidation sites excluding steroid dienone is 2. The summed E-state index contributed by atoms with van der Waals surface area (Å²) in [4.78, 5) is 0. The van der Waals surface area contributed by atoms with Crippen LogP contribution in [0.5, 0.6) is 0 Å². The minimum atomic E-state index is -0.148. The second-order valence-electron chi connectivity index (χ2n) is 3.20. The zero-order chi connectivity index (χ0) is 9.14. The van der Waals surface area contributed by atoms with Gasteiger partial charge in [-0.05, 0) is 19.9 Å². The summed E-state index contributed by atoms with van der Waals surface area (Å²) in [5, 5.41) is 3.09. The third kappa shape index (κ3) is 2.05. The van der Waals surface area contributed by atoms with E-state index in [1.807, 2.05) is 6.92 Å². The average molecular weight is 167 g/mol. The Morgan fingerprint density at radius 1 is 1.58 bits per heavy atom. The summed E-state index contributed by atoms with van der Waals surface area (Å²) >= 11 is 0. The normalized spacial score (nSPS) is 18.8. The van der Waals surface area contributed by atoms with E-state index >= 15 is 0 Å². The van der Waals surface area contributed by atoms with Crippen LogP contribution in [-0.2, 0) is 0 Å². The summed E-state index contributed by atoms with van der Waals surface area (Å²) in [5.74, 6) is -0.148. The lowest BCUT2D eigenvalue weighted by atomic mass is 10.1. The van der Waals surface area contributed by atoms with Crippen molar-refractivity contribution < 1.29 is 4.39 Å². The van der Waals surface area contributed by atoms with E-state index in [1.54, 1.807) is 6.92 Å². The van der Waals surface area contributed by atoms with Gasteiger partial charge in [0.15, 0.2) is 0 Å². The fourth-order valence-electron chi connectivity index (χ4n) is 1.22. The van der Waals surface area contributed by atoms with Crippen molar-refractivity contribution in [3.63, 3.8) is 0 Å². The predicted octanol–water partition coefficient (Wildman–Crippen LogP) is 2.34. The van der Waals surface area contributed by atoms with Gasteiger partial charge in [0, 0.05) is 18.7 Å². The Morgan fingerprint density at radius 2 is 2.25 bits per heavy atom. The minimum Gasteiger partial charge on any atom is -0.309 e. The molecule has 0 radical (unpaired) electrons. The van der Waals surface area contributed by atoms with Crippen molar-refractivity contribution in [2.45, 2.75) is 13.8 Å². The first-order valence-corrected chi connectivity index (χ1v) is 4.03. The van der Waals surface area contributed by atoms with E-state index in [1.165, 1.54) is 6.08 Å². The maximum absolute atomic E-state index is 13.3. The van der Waals surface area contributed by atoms with Crippen LogP contribution in [0.15, 0.2) is 35.2 Å². The molecule has 0 aliphatic carbocycles. The quantitative estimate of drug-likeness (QED) is 0.622. The van der Waals surface area contributed by atoms with Crippen LogP contribution in [0.3, 0.4) is 0 Å². The van der Waals surface area contributed by atoms with Crippen LogP contribution in [0.1, 0.15) is 13.8 Å². The number of hydrogen-bond acceptors (Lipinski definition) is 1. The molecule has 0 unspecified atom stereocenters. The molecule has 1 aliphatic heterocycles. The van der Waals surface area contributed by atoms with Crippen molar-refractivity contribution in [1.29, 1.82) is 0 Å². The van der Waals surface area contributed by atoms with Gasteiger partial charge in [-0.3, -0.25) is 0 Å². The van der Waals surface area contributed by atoms with Crippen LogP contribution in [0.25, 0.3) is 0 Å². The first-order chi connectivity index (χ1) is 5.61. The summed E-state index contributed by atoms with van der Waals surface area (Å²) in [5.41, 5.74) is 2.63. The fourth-order valence-corrected chi connectivity index (χ4v) is 1.22. The van der Waals surface area contributed by atoms with E-state index in [9.17, 15) is 4.39 Å². The topological polar surface area (TPSA) is 12.0 Å². The molecule has 1 aliphatic rings. The first-order valence-electron chi connectivity index (χ1n) is 4.03. The molecular weight excluding hydrogens is 153 g/mol. The van der Waals surface area contributed by atoms with Crippen molar-refractivity contribution in [2.75, 3.05) is 13.1 Å². The molecule has 66 valence electrons. The number of nitrogens with one attached hydrogen (secondary N) is 1. The number of hydrogen-bond donors (Lipinski definition) is 1. The van der Waals surface area contributed by atoms with Crippen LogP contribution in [0.4, 0.5) is 4.39 Å².